The molecule has 0 aliphatic rings. The van der Waals surface area contributed by atoms with Crippen LogP contribution in [-0.2, 0) is 4.79 Å². The van der Waals surface area contributed by atoms with Crippen LogP contribution in [0.3, 0.4) is 0 Å². The van der Waals surface area contributed by atoms with Gasteiger partial charge in [-0.3, -0.25) is 0 Å². The van der Waals surface area contributed by atoms with Crippen molar-refractivity contribution >= 4 is 35.2 Å². The summed E-state index contributed by atoms with van der Waals surface area (Å²) in [6.45, 7) is 1.79. The van der Waals surface area contributed by atoms with Crippen molar-refractivity contribution in [2.24, 2.45) is 0 Å². The summed E-state index contributed by atoms with van der Waals surface area (Å²) in [7, 11) is 0. The average molecular weight is 231 g/mol. The zero-order chi connectivity index (χ0) is 10.7. The van der Waals surface area contributed by atoms with E-state index >= 15 is 0 Å². The first-order valence-corrected chi connectivity index (χ1v) is 4.63. The van der Waals surface area contributed by atoms with Gasteiger partial charge in [0.2, 0.25) is 0 Å². The summed E-state index contributed by atoms with van der Waals surface area (Å²) in [5, 5.41) is 9.37. The molecule has 74 valence electrons. The van der Waals surface area contributed by atoms with Gasteiger partial charge in [0.05, 0.1) is 10.0 Å². The van der Waals surface area contributed by atoms with Crippen molar-refractivity contribution in [2.75, 3.05) is 0 Å². The van der Waals surface area contributed by atoms with Gasteiger partial charge in [-0.1, -0.05) is 29.3 Å². The highest BCUT2D eigenvalue weighted by Gasteiger charge is 2.04. The van der Waals surface area contributed by atoms with E-state index in [1.165, 1.54) is 6.08 Å². The molecule has 0 heterocycles. The van der Waals surface area contributed by atoms with Gasteiger partial charge in [-0.05, 0) is 30.2 Å². The van der Waals surface area contributed by atoms with Gasteiger partial charge in [0.25, 0.3) is 0 Å². The number of halogens is 2. The highest BCUT2D eigenvalue weighted by Crippen LogP contribution is 2.28. The van der Waals surface area contributed by atoms with Crippen LogP contribution in [0.5, 0.6) is 0 Å². The Morgan fingerprint density at radius 2 is 2.07 bits per heavy atom. The fourth-order valence-corrected chi connectivity index (χ4v) is 1.39. The molecule has 1 N–H and O–H groups in total. The number of hydrogen-bond donors (Lipinski definition) is 1. The van der Waals surface area contributed by atoms with Crippen molar-refractivity contribution in [3.8, 4) is 0 Å². The molecule has 0 saturated heterocycles. The van der Waals surface area contributed by atoms with Crippen molar-refractivity contribution in [2.45, 2.75) is 6.92 Å². The monoisotopic (exact) mass is 230 g/mol. The lowest BCUT2D eigenvalue weighted by Crippen LogP contribution is -1.88. The summed E-state index contributed by atoms with van der Waals surface area (Å²) in [6.07, 6.45) is 2.55. The normalized spacial score (nSPS) is 10.8. The highest BCUT2D eigenvalue weighted by atomic mass is 35.5. The molecule has 0 aliphatic carbocycles. The number of aliphatic carboxylic acids is 1. The Morgan fingerprint density at radius 3 is 2.64 bits per heavy atom. The predicted molar refractivity (Wildman–Crippen MR) is 57.9 cm³/mol. The fraction of sp³-hybridized carbons (Fsp3) is 0.100. The number of carbonyl (C=O) groups is 1. The molecule has 1 aromatic rings. The van der Waals surface area contributed by atoms with Gasteiger partial charge in [0.15, 0.2) is 0 Å². The zero-order valence-electron chi connectivity index (χ0n) is 7.42. The summed E-state index contributed by atoms with van der Waals surface area (Å²) >= 11 is 11.7. The lowest BCUT2D eigenvalue weighted by molar-refractivity contribution is -0.131. The van der Waals surface area contributed by atoms with Crippen molar-refractivity contribution < 1.29 is 9.90 Å². The summed E-state index contributed by atoms with van der Waals surface area (Å²) in [5.74, 6) is -0.990. The van der Waals surface area contributed by atoms with Gasteiger partial charge in [-0.25, -0.2) is 4.79 Å². The molecule has 0 aliphatic heterocycles. The molecule has 0 aromatic heterocycles. The Balaban J connectivity index is 3.12. The Labute approximate surface area is 91.8 Å². The molecule has 14 heavy (non-hydrogen) atoms. The van der Waals surface area contributed by atoms with E-state index in [4.69, 9.17) is 28.3 Å². The molecule has 2 nitrogen and oxygen atoms in total. The van der Waals surface area contributed by atoms with Crippen molar-refractivity contribution in [3.63, 3.8) is 0 Å². The maximum absolute atomic E-state index is 10.3. The third kappa shape index (κ3) is 2.50. The minimum atomic E-state index is -0.990. The molecule has 0 amide bonds. The smallest absolute Gasteiger partial charge is 0.328 e. The van der Waals surface area contributed by atoms with Crippen molar-refractivity contribution in [1.82, 2.24) is 0 Å². The topological polar surface area (TPSA) is 37.3 Å². The largest absolute Gasteiger partial charge is 0.478 e. The van der Waals surface area contributed by atoms with E-state index in [-0.39, 0.29) is 0 Å². The number of carboxylic acids is 1. The van der Waals surface area contributed by atoms with Crippen LogP contribution in [0.15, 0.2) is 18.2 Å². The molecule has 0 atom stereocenters. The van der Waals surface area contributed by atoms with Crippen LogP contribution in [0.25, 0.3) is 6.08 Å². The van der Waals surface area contributed by atoms with Gasteiger partial charge in [-0.15, -0.1) is 0 Å². The summed E-state index contributed by atoms with van der Waals surface area (Å²) in [4.78, 5) is 10.3. The van der Waals surface area contributed by atoms with Gasteiger partial charge in [0.1, 0.15) is 0 Å². The Hall–Kier alpha value is -0.990. The molecule has 0 saturated carbocycles. The second-order valence-corrected chi connectivity index (χ2v) is 3.53. The quantitative estimate of drug-likeness (QED) is 0.792. The maximum atomic E-state index is 10.3. The van der Waals surface area contributed by atoms with Crippen LogP contribution in [0.2, 0.25) is 10.0 Å². The van der Waals surface area contributed by atoms with Crippen LogP contribution < -0.4 is 0 Å². The molecular weight excluding hydrogens is 223 g/mol. The van der Waals surface area contributed by atoms with E-state index in [0.717, 1.165) is 17.2 Å². The minimum Gasteiger partial charge on any atom is -0.478 e. The maximum Gasteiger partial charge on any atom is 0.328 e. The third-order valence-corrected chi connectivity index (χ3v) is 2.69. The standard InChI is InChI=1S/C10H8Cl2O2/c1-6-7(3-5-9(13)14)2-4-8(11)10(6)12/h2-5H,1H3,(H,13,14)/b5-3+. The van der Waals surface area contributed by atoms with E-state index in [1.807, 2.05) is 0 Å². The predicted octanol–water partition coefficient (Wildman–Crippen LogP) is 3.40. The van der Waals surface area contributed by atoms with Crippen molar-refractivity contribution in [3.05, 3.63) is 39.4 Å². The second-order valence-electron chi connectivity index (χ2n) is 2.75. The first-order chi connectivity index (χ1) is 6.52. The number of rotatable bonds is 2. The number of hydrogen-bond acceptors (Lipinski definition) is 1. The van der Waals surface area contributed by atoms with Crippen LogP contribution in [0.1, 0.15) is 11.1 Å². The molecule has 0 bridgehead atoms. The number of carboxylic acid groups (broad SMARTS) is 1. The van der Waals surface area contributed by atoms with E-state index in [2.05, 4.69) is 0 Å². The van der Waals surface area contributed by atoms with Crippen LogP contribution >= 0.6 is 23.2 Å². The van der Waals surface area contributed by atoms with E-state index in [1.54, 1.807) is 19.1 Å². The van der Waals surface area contributed by atoms with Crippen LogP contribution in [0.4, 0.5) is 0 Å². The van der Waals surface area contributed by atoms with Crippen LogP contribution in [0, 0.1) is 6.92 Å². The summed E-state index contributed by atoms with van der Waals surface area (Å²) in [5.41, 5.74) is 1.53. The highest BCUT2D eigenvalue weighted by molar-refractivity contribution is 6.42. The molecule has 0 spiro atoms. The average Bonchev–Trinajstić information content (AvgIpc) is 2.13. The molecule has 1 aromatic carbocycles. The molecule has 4 heteroatoms. The fourth-order valence-electron chi connectivity index (χ4n) is 1.01. The lowest BCUT2D eigenvalue weighted by atomic mass is 10.1. The Bertz CT molecular complexity index is 397. The van der Waals surface area contributed by atoms with Crippen molar-refractivity contribution in [1.29, 1.82) is 0 Å². The molecular formula is C10H8Cl2O2. The molecule has 0 unspecified atom stereocenters. The molecule has 0 radical (unpaired) electrons. The third-order valence-electron chi connectivity index (χ3n) is 1.79. The van der Waals surface area contributed by atoms with Crippen LogP contribution in [-0.4, -0.2) is 11.1 Å². The Morgan fingerprint density at radius 1 is 1.43 bits per heavy atom. The summed E-state index contributed by atoms with van der Waals surface area (Å²) < 4.78 is 0. The first-order valence-electron chi connectivity index (χ1n) is 3.88. The van der Waals surface area contributed by atoms with E-state index < -0.39 is 5.97 Å². The minimum absolute atomic E-state index is 0.458. The lowest BCUT2D eigenvalue weighted by Gasteiger charge is -2.03. The first kappa shape index (κ1) is 11.1. The second kappa shape index (κ2) is 4.49. The van der Waals surface area contributed by atoms with Gasteiger partial charge in [-0.2, -0.15) is 0 Å². The van der Waals surface area contributed by atoms with Gasteiger partial charge < -0.3 is 5.11 Å². The number of benzene rings is 1. The summed E-state index contributed by atoms with van der Waals surface area (Å²) in [6, 6.07) is 3.36. The molecule has 0 fully saturated rings. The van der Waals surface area contributed by atoms with Gasteiger partial charge >= 0.3 is 5.97 Å². The van der Waals surface area contributed by atoms with E-state index in [9.17, 15) is 4.79 Å². The zero-order valence-corrected chi connectivity index (χ0v) is 8.93. The van der Waals surface area contributed by atoms with E-state index in [0.29, 0.717) is 10.0 Å². The Kier molecular flexibility index (Phi) is 3.55. The SMILES string of the molecule is Cc1c(/C=C/C(=O)O)ccc(Cl)c1Cl. The molecule has 1 rings (SSSR count). The van der Waals surface area contributed by atoms with Gasteiger partial charge in [0, 0.05) is 6.08 Å².